The molecule has 0 heterocycles. The Bertz CT molecular complexity index is 808. The highest BCUT2D eigenvalue weighted by Crippen LogP contribution is 2.38. The average Bonchev–Trinajstić information content (AvgIpc) is 2.54. The van der Waals surface area contributed by atoms with Gasteiger partial charge in [0, 0.05) is 0 Å². The molecule has 9 heteroatoms. The molecule has 0 aliphatic heterocycles. The van der Waals surface area contributed by atoms with Crippen molar-refractivity contribution in [2.45, 2.75) is 17.5 Å². The van der Waals surface area contributed by atoms with E-state index in [1.165, 1.54) is 30.3 Å². The van der Waals surface area contributed by atoms with E-state index >= 15 is 0 Å². The van der Waals surface area contributed by atoms with E-state index < -0.39 is 45.5 Å². The number of rotatable bonds is 6. The molecule has 2 rings (SSSR count). The maximum atomic E-state index is 13.3. The Kier molecular flexibility index (Phi) is 5.50. The third-order valence-corrected chi connectivity index (χ3v) is 4.84. The number of aliphatic hydroxyl groups is 1. The standard InChI is InChI=1S/C16H15F4NO3S/c17-14-8-6-12(7-9-14)10-25(23,24)21-11-15(22,16(18,19)20)13-4-2-1-3-5-13/h1-9,21-22H,10-11H2/t15-/m1/s1. The Balaban J connectivity index is 2.19. The van der Waals surface area contributed by atoms with Crippen LogP contribution in [0.1, 0.15) is 11.1 Å². The number of hydrogen-bond acceptors (Lipinski definition) is 3. The van der Waals surface area contributed by atoms with E-state index in [0.717, 1.165) is 24.3 Å². The summed E-state index contributed by atoms with van der Waals surface area (Å²) in [5, 5.41) is 10.1. The van der Waals surface area contributed by atoms with Crippen molar-refractivity contribution in [2.75, 3.05) is 6.54 Å². The van der Waals surface area contributed by atoms with Crippen molar-refractivity contribution >= 4 is 10.0 Å². The first kappa shape index (κ1) is 19.4. The number of halogens is 4. The predicted octanol–water partition coefficient (Wildman–Crippen LogP) is 2.70. The minimum atomic E-state index is -5.09. The molecule has 0 saturated carbocycles. The summed E-state index contributed by atoms with van der Waals surface area (Å²) in [5.74, 6) is -1.21. The molecule has 1 atom stereocenters. The molecular formula is C16H15F4NO3S. The lowest BCUT2D eigenvalue weighted by Gasteiger charge is -2.31. The van der Waals surface area contributed by atoms with Crippen molar-refractivity contribution in [1.29, 1.82) is 0 Å². The number of sulfonamides is 1. The maximum Gasteiger partial charge on any atom is 0.422 e. The SMILES string of the molecule is O=S(=O)(Cc1ccc(F)cc1)NC[C@@](O)(c1ccccc1)C(F)(F)F. The van der Waals surface area contributed by atoms with Crippen molar-refractivity contribution in [1.82, 2.24) is 4.72 Å². The highest BCUT2D eigenvalue weighted by Gasteiger charge is 2.55. The third kappa shape index (κ3) is 4.77. The van der Waals surface area contributed by atoms with Crippen LogP contribution in [0.3, 0.4) is 0 Å². The Morgan fingerprint density at radius 2 is 1.52 bits per heavy atom. The summed E-state index contributed by atoms with van der Waals surface area (Å²) in [4.78, 5) is 0. The van der Waals surface area contributed by atoms with Gasteiger partial charge < -0.3 is 5.11 Å². The molecule has 0 unspecified atom stereocenters. The zero-order valence-electron chi connectivity index (χ0n) is 12.8. The largest absolute Gasteiger partial charge is 0.422 e. The van der Waals surface area contributed by atoms with E-state index in [1.807, 2.05) is 0 Å². The van der Waals surface area contributed by atoms with E-state index in [-0.39, 0.29) is 5.56 Å². The molecular weight excluding hydrogens is 362 g/mol. The Morgan fingerprint density at radius 1 is 0.960 bits per heavy atom. The van der Waals surface area contributed by atoms with E-state index in [1.54, 1.807) is 4.72 Å². The first-order valence-corrected chi connectivity index (χ1v) is 8.75. The zero-order chi connectivity index (χ0) is 18.7. The van der Waals surface area contributed by atoms with Crippen LogP contribution in [0, 0.1) is 5.82 Å². The number of alkyl halides is 3. The molecule has 2 aromatic carbocycles. The first-order valence-electron chi connectivity index (χ1n) is 7.10. The summed E-state index contributed by atoms with van der Waals surface area (Å²) >= 11 is 0. The first-order chi connectivity index (χ1) is 11.5. The van der Waals surface area contributed by atoms with Gasteiger partial charge in [-0.05, 0) is 23.3 Å². The smallest absolute Gasteiger partial charge is 0.375 e. The van der Waals surface area contributed by atoms with Crippen LogP contribution in [-0.4, -0.2) is 26.2 Å². The molecule has 0 amide bonds. The average molecular weight is 377 g/mol. The lowest BCUT2D eigenvalue weighted by Crippen LogP contribution is -2.51. The van der Waals surface area contributed by atoms with Gasteiger partial charge in [0.05, 0.1) is 12.3 Å². The van der Waals surface area contributed by atoms with Crippen LogP contribution in [0.25, 0.3) is 0 Å². The fourth-order valence-electron chi connectivity index (χ4n) is 2.15. The molecule has 25 heavy (non-hydrogen) atoms. The molecule has 0 saturated heterocycles. The fourth-order valence-corrected chi connectivity index (χ4v) is 3.31. The minimum Gasteiger partial charge on any atom is -0.375 e. The Morgan fingerprint density at radius 3 is 2.04 bits per heavy atom. The van der Waals surface area contributed by atoms with Crippen LogP contribution in [-0.2, 0) is 21.4 Å². The molecule has 0 fully saturated rings. The second-order valence-electron chi connectivity index (χ2n) is 5.43. The maximum absolute atomic E-state index is 13.3. The van der Waals surface area contributed by atoms with E-state index in [9.17, 15) is 31.1 Å². The van der Waals surface area contributed by atoms with E-state index in [4.69, 9.17) is 0 Å². The molecule has 0 spiro atoms. The lowest BCUT2D eigenvalue weighted by atomic mass is 9.93. The lowest BCUT2D eigenvalue weighted by molar-refractivity contribution is -0.263. The minimum absolute atomic E-state index is 0.198. The zero-order valence-corrected chi connectivity index (χ0v) is 13.6. The summed E-state index contributed by atoms with van der Waals surface area (Å²) < 4.78 is 78.5. The van der Waals surface area contributed by atoms with Crippen molar-refractivity contribution < 1.29 is 31.1 Å². The van der Waals surface area contributed by atoms with Gasteiger partial charge in [0.2, 0.25) is 10.0 Å². The van der Waals surface area contributed by atoms with Crippen molar-refractivity contribution in [3.05, 3.63) is 71.5 Å². The number of benzene rings is 2. The second-order valence-corrected chi connectivity index (χ2v) is 7.24. The molecule has 4 nitrogen and oxygen atoms in total. The van der Waals surface area contributed by atoms with Crippen LogP contribution in [0.4, 0.5) is 17.6 Å². The van der Waals surface area contributed by atoms with Gasteiger partial charge in [0.1, 0.15) is 5.82 Å². The molecule has 2 N–H and O–H groups in total. The molecule has 0 aliphatic carbocycles. The van der Waals surface area contributed by atoms with Crippen LogP contribution >= 0.6 is 0 Å². The molecule has 0 radical (unpaired) electrons. The summed E-state index contributed by atoms with van der Waals surface area (Å²) in [6.45, 7) is -1.27. The normalized spacial score (nSPS) is 14.9. The van der Waals surface area contributed by atoms with Gasteiger partial charge >= 0.3 is 6.18 Å². The summed E-state index contributed by atoms with van der Waals surface area (Å²) in [6.07, 6.45) is -5.09. The van der Waals surface area contributed by atoms with Crippen LogP contribution < -0.4 is 4.72 Å². The van der Waals surface area contributed by atoms with Gasteiger partial charge in [-0.25, -0.2) is 17.5 Å². The summed E-state index contributed by atoms with van der Waals surface area (Å²) in [5.41, 5.74) is -3.65. The van der Waals surface area contributed by atoms with Gasteiger partial charge in [-0.1, -0.05) is 42.5 Å². The summed E-state index contributed by atoms with van der Waals surface area (Å²) in [6, 6.07) is 10.7. The highest BCUT2D eigenvalue weighted by atomic mass is 32.2. The van der Waals surface area contributed by atoms with Gasteiger partial charge in [0.15, 0.2) is 5.60 Å². The van der Waals surface area contributed by atoms with Crippen LogP contribution in [0.2, 0.25) is 0 Å². The number of nitrogens with one attached hydrogen (secondary N) is 1. The third-order valence-electron chi connectivity index (χ3n) is 3.54. The van der Waals surface area contributed by atoms with E-state index in [2.05, 4.69) is 0 Å². The Hall–Kier alpha value is -1.97. The van der Waals surface area contributed by atoms with Crippen LogP contribution in [0.15, 0.2) is 54.6 Å². The monoisotopic (exact) mass is 377 g/mol. The van der Waals surface area contributed by atoms with Gasteiger partial charge in [-0.3, -0.25) is 0 Å². The van der Waals surface area contributed by atoms with Crippen molar-refractivity contribution in [3.8, 4) is 0 Å². The Labute approximate surface area is 142 Å². The van der Waals surface area contributed by atoms with Gasteiger partial charge in [-0.2, -0.15) is 13.2 Å². The van der Waals surface area contributed by atoms with Crippen molar-refractivity contribution in [3.63, 3.8) is 0 Å². The molecule has 0 bridgehead atoms. The summed E-state index contributed by atoms with van der Waals surface area (Å²) in [7, 11) is -4.18. The van der Waals surface area contributed by atoms with E-state index in [0.29, 0.717) is 0 Å². The van der Waals surface area contributed by atoms with Gasteiger partial charge in [-0.15, -0.1) is 0 Å². The highest BCUT2D eigenvalue weighted by molar-refractivity contribution is 7.88. The van der Waals surface area contributed by atoms with Crippen LogP contribution in [0.5, 0.6) is 0 Å². The molecule has 0 aliphatic rings. The van der Waals surface area contributed by atoms with Gasteiger partial charge in [0.25, 0.3) is 0 Å². The number of hydrogen-bond donors (Lipinski definition) is 2. The topological polar surface area (TPSA) is 66.4 Å². The van der Waals surface area contributed by atoms with Crippen molar-refractivity contribution in [2.24, 2.45) is 0 Å². The molecule has 0 aromatic heterocycles. The second kappa shape index (κ2) is 7.11. The fraction of sp³-hybridized carbons (Fsp3) is 0.250. The molecule has 136 valence electrons. The quantitative estimate of drug-likeness (QED) is 0.761. The predicted molar refractivity (Wildman–Crippen MR) is 83.4 cm³/mol. The molecule has 2 aromatic rings.